The van der Waals surface area contributed by atoms with Gasteiger partial charge in [0.15, 0.2) is 0 Å². The molecular formula is C15H19N3OS. The highest BCUT2D eigenvalue weighted by Crippen LogP contribution is 2.21. The van der Waals surface area contributed by atoms with Gasteiger partial charge >= 0.3 is 0 Å². The van der Waals surface area contributed by atoms with Gasteiger partial charge in [-0.05, 0) is 53.6 Å². The molecule has 3 rings (SSSR count). The molecule has 0 aliphatic carbocycles. The normalized spacial score (nSPS) is 19.2. The smallest absolute Gasteiger partial charge is 0.227 e. The maximum atomic E-state index is 12.3. The van der Waals surface area contributed by atoms with Crippen LogP contribution in [0.3, 0.4) is 0 Å². The SMILES string of the molecule is O=C(Cc1ccsc1)N1CCC[C@@H](Cc2ccn[nH]2)C1. The highest BCUT2D eigenvalue weighted by atomic mass is 32.1. The number of thiophene rings is 1. The minimum atomic E-state index is 0.262. The maximum Gasteiger partial charge on any atom is 0.227 e. The lowest BCUT2D eigenvalue weighted by atomic mass is 9.93. The fraction of sp³-hybridized carbons (Fsp3) is 0.467. The van der Waals surface area contributed by atoms with E-state index < -0.39 is 0 Å². The quantitative estimate of drug-likeness (QED) is 0.940. The van der Waals surface area contributed by atoms with Crippen LogP contribution in [0.4, 0.5) is 0 Å². The fourth-order valence-corrected chi connectivity index (χ4v) is 3.52. The third kappa shape index (κ3) is 3.28. The summed E-state index contributed by atoms with van der Waals surface area (Å²) in [6, 6.07) is 4.06. The topological polar surface area (TPSA) is 49.0 Å². The Hall–Kier alpha value is -1.62. The third-order valence-corrected chi connectivity index (χ3v) is 4.61. The van der Waals surface area contributed by atoms with Crippen molar-refractivity contribution < 1.29 is 4.79 Å². The van der Waals surface area contributed by atoms with Crippen LogP contribution in [0.15, 0.2) is 29.1 Å². The molecule has 0 bridgehead atoms. The molecule has 1 fully saturated rings. The number of rotatable bonds is 4. The van der Waals surface area contributed by atoms with E-state index >= 15 is 0 Å². The van der Waals surface area contributed by atoms with Crippen molar-refractivity contribution in [2.75, 3.05) is 13.1 Å². The van der Waals surface area contributed by atoms with Gasteiger partial charge in [0.05, 0.1) is 6.42 Å². The van der Waals surface area contributed by atoms with Crippen molar-refractivity contribution in [3.05, 3.63) is 40.3 Å². The number of H-pyrrole nitrogens is 1. The summed E-state index contributed by atoms with van der Waals surface area (Å²) in [7, 11) is 0. The molecule has 3 heterocycles. The standard InChI is InChI=1S/C15H19N3OS/c19-15(9-13-4-7-20-11-13)18-6-1-2-12(10-18)8-14-3-5-16-17-14/h3-5,7,11-12H,1-2,6,8-10H2,(H,16,17)/t12-/m0/s1. The second-order valence-electron chi connectivity index (χ2n) is 5.44. The number of amides is 1. The predicted octanol–water partition coefficient (Wildman–Crippen LogP) is 2.50. The fourth-order valence-electron chi connectivity index (χ4n) is 2.85. The summed E-state index contributed by atoms with van der Waals surface area (Å²) in [5.74, 6) is 0.813. The van der Waals surface area contributed by atoms with Crippen molar-refractivity contribution >= 4 is 17.2 Å². The van der Waals surface area contributed by atoms with E-state index in [4.69, 9.17) is 0 Å². The van der Waals surface area contributed by atoms with Gasteiger partial charge in [-0.1, -0.05) is 0 Å². The molecule has 0 radical (unpaired) electrons. The van der Waals surface area contributed by atoms with Gasteiger partial charge in [0.25, 0.3) is 0 Å². The van der Waals surface area contributed by atoms with Crippen LogP contribution in [0, 0.1) is 5.92 Å². The number of nitrogens with one attached hydrogen (secondary N) is 1. The first-order valence-corrected chi connectivity index (χ1v) is 8.02. The zero-order valence-electron chi connectivity index (χ0n) is 11.4. The number of piperidine rings is 1. The van der Waals surface area contributed by atoms with E-state index in [-0.39, 0.29) is 5.91 Å². The molecule has 1 saturated heterocycles. The Kier molecular flexibility index (Phi) is 4.16. The Balaban J connectivity index is 1.56. The first kappa shape index (κ1) is 13.4. The number of nitrogens with zero attached hydrogens (tertiary/aromatic N) is 2. The van der Waals surface area contributed by atoms with E-state index in [0.29, 0.717) is 12.3 Å². The Labute approximate surface area is 122 Å². The van der Waals surface area contributed by atoms with E-state index in [9.17, 15) is 4.79 Å². The van der Waals surface area contributed by atoms with E-state index in [2.05, 4.69) is 15.6 Å². The average Bonchev–Trinajstić information content (AvgIpc) is 3.12. The highest BCUT2D eigenvalue weighted by molar-refractivity contribution is 7.07. The summed E-state index contributed by atoms with van der Waals surface area (Å²) < 4.78 is 0. The summed E-state index contributed by atoms with van der Waals surface area (Å²) in [6.45, 7) is 1.78. The predicted molar refractivity (Wildman–Crippen MR) is 79.6 cm³/mol. The van der Waals surface area contributed by atoms with Gasteiger partial charge in [-0.2, -0.15) is 16.4 Å². The van der Waals surface area contributed by atoms with Crippen LogP contribution in [0.5, 0.6) is 0 Å². The number of hydrogen-bond donors (Lipinski definition) is 1. The number of aromatic nitrogens is 2. The molecule has 1 N–H and O–H groups in total. The number of aromatic amines is 1. The van der Waals surface area contributed by atoms with Gasteiger partial charge in [0.1, 0.15) is 0 Å². The monoisotopic (exact) mass is 289 g/mol. The minimum Gasteiger partial charge on any atom is -0.342 e. The van der Waals surface area contributed by atoms with E-state index in [0.717, 1.165) is 31.5 Å². The van der Waals surface area contributed by atoms with Gasteiger partial charge in [-0.25, -0.2) is 0 Å². The zero-order chi connectivity index (χ0) is 13.8. The molecule has 106 valence electrons. The Morgan fingerprint density at radius 3 is 3.20 bits per heavy atom. The molecule has 1 atom stereocenters. The summed E-state index contributed by atoms with van der Waals surface area (Å²) >= 11 is 1.65. The number of likely N-dealkylation sites (tertiary alicyclic amines) is 1. The van der Waals surface area contributed by atoms with Crippen LogP contribution < -0.4 is 0 Å². The molecule has 0 unspecified atom stereocenters. The van der Waals surface area contributed by atoms with Crippen molar-refractivity contribution in [1.82, 2.24) is 15.1 Å². The van der Waals surface area contributed by atoms with Crippen molar-refractivity contribution in [2.45, 2.75) is 25.7 Å². The summed E-state index contributed by atoms with van der Waals surface area (Å²) in [5.41, 5.74) is 2.30. The molecule has 2 aromatic heterocycles. The van der Waals surface area contributed by atoms with Gasteiger partial charge < -0.3 is 4.90 Å². The van der Waals surface area contributed by atoms with Crippen LogP contribution in [-0.4, -0.2) is 34.1 Å². The molecule has 1 amide bonds. The van der Waals surface area contributed by atoms with Crippen molar-refractivity contribution in [1.29, 1.82) is 0 Å². The Bertz CT molecular complexity index is 535. The Morgan fingerprint density at radius 2 is 2.45 bits per heavy atom. The van der Waals surface area contributed by atoms with Crippen LogP contribution in [0.25, 0.3) is 0 Å². The van der Waals surface area contributed by atoms with Crippen LogP contribution in [-0.2, 0) is 17.6 Å². The first-order valence-electron chi connectivity index (χ1n) is 7.08. The third-order valence-electron chi connectivity index (χ3n) is 3.87. The molecule has 0 spiro atoms. The average molecular weight is 289 g/mol. The Morgan fingerprint density at radius 1 is 1.50 bits per heavy atom. The van der Waals surface area contributed by atoms with E-state index in [1.807, 2.05) is 22.4 Å². The second kappa shape index (κ2) is 6.22. The molecule has 1 aliphatic rings. The van der Waals surface area contributed by atoms with Crippen molar-refractivity contribution in [3.63, 3.8) is 0 Å². The van der Waals surface area contributed by atoms with E-state index in [1.165, 1.54) is 12.1 Å². The molecular weight excluding hydrogens is 270 g/mol. The molecule has 20 heavy (non-hydrogen) atoms. The second-order valence-corrected chi connectivity index (χ2v) is 6.22. The largest absolute Gasteiger partial charge is 0.342 e. The lowest BCUT2D eigenvalue weighted by Gasteiger charge is -2.32. The summed E-state index contributed by atoms with van der Waals surface area (Å²) in [6.07, 6.45) is 5.62. The maximum absolute atomic E-state index is 12.3. The number of hydrogen-bond acceptors (Lipinski definition) is 3. The van der Waals surface area contributed by atoms with Crippen LogP contribution in [0.1, 0.15) is 24.1 Å². The van der Waals surface area contributed by atoms with Crippen molar-refractivity contribution in [3.8, 4) is 0 Å². The molecule has 4 nitrogen and oxygen atoms in total. The van der Waals surface area contributed by atoms with E-state index in [1.54, 1.807) is 17.5 Å². The van der Waals surface area contributed by atoms with Crippen LogP contribution >= 0.6 is 11.3 Å². The molecule has 0 aromatic carbocycles. The van der Waals surface area contributed by atoms with Gasteiger partial charge in [-0.3, -0.25) is 9.89 Å². The first-order chi connectivity index (χ1) is 9.81. The minimum absolute atomic E-state index is 0.262. The van der Waals surface area contributed by atoms with Crippen LogP contribution in [0.2, 0.25) is 0 Å². The molecule has 1 aliphatic heterocycles. The van der Waals surface area contributed by atoms with Gasteiger partial charge in [-0.15, -0.1) is 0 Å². The molecule has 2 aromatic rings. The van der Waals surface area contributed by atoms with Gasteiger partial charge in [0, 0.05) is 25.0 Å². The number of carbonyl (C=O) groups is 1. The zero-order valence-corrected chi connectivity index (χ0v) is 12.2. The lowest BCUT2D eigenvalue weighted by molar-refractivity contribution is -0.132. The molecule has 0 saturated carbocycles. The summed E-state index contributed by atoms with van der Waals surface area (Å²) in [4.78, 5) is 14.4. The summed E-state index contributed by atoms with van der Waals surface area (Å²) in [5, 5.41) is 11.1. The van der Waals surface area contributed by atoms with Crippen molar-refractivity contribution in [2.24, 2.45) is 5.92 Å². The van der Waals surface area contributed by atoms with Gasteiger partial charge in [0.2, 0.25) is 5.91 Å². The highest BCUT2D eigenvalue weighted by Gasteiger charge is 2.24. The molecule has 5 heteroatoms. The lowest BCUT2D eigenvalue weighted by Crippen LogP contribution is -2.41. The number of carbonyl (C=O) groups excluding carboxylic acids is 1.